The lowest BCUT2D eigenvalue weighted by Crippen LogP contribution is -2.23. The normalized spacial score (nSPS) is 12.6. The number of thioether (sulfide) groups is 1. The highest BCUT2D eigenvalue weighted by Crippen LogP contribution is 2.32. The molecule has 0 radical (unpaired) electrons. The van der Waals surface area contributed by atoms with Gasteiger partial charge in [0.25, 0.3) is 0 Å². The summed E-state index contributed by atoms with van der Waals surface area (Å²) in [6.07, 6.45) is 1.15. The number of rotatable bonds is 7. The molecule has 1 unspecified atom stereocenters. The zero-order chi connectivity index (χ0) is 14.4. The molecule has 0 aliphatic heterocycles. The number of aryl methyl sites for hydroxylation is 1. The van der Waals surface area contributed by atoms with Crippen LogP contribution in [-0.2, 0) is 0 Å². The van der Waals surface area contributed by atoms with Crippen molar-refractivity contribution < 1.29 is 0 Å². The average molecular weight is 326 g/mol. The zero-order valence-corrected chi connectivity index (χ0v) is 14.2. The summed E-state index contributed by atoms with van der Waals surface area (Å²) in [5.41, 5.74) is 1.38. The largest absolute Gasteiger partial charge is 0.309 e. The second-order valence-corrected chi connectivity index (χ2v) is 7.13. The van der Waals surface area contributed by atoms with Gasteiger partial charge >= 0.3 is 0 Å². The summed E-state index contributed by atoms with van der Waals surface area (Å²) in [6.45, 7) is 5.43. The third kappa shape index (κ3) is 4.26. The van der Waals surface area contributed by atoms with E-state index < -0.39 is 0 Å². The molecule has 1 heterocycles. The topological polar surface area (TPSA) is 12.0 Å². The summed E-state index contributed by atoms with van der Waals surface area (Å²) in [7, 11) is 0. The third-order valence-electron chi connectivity index (χ3n) is 3.10. The minimum atomic E-state index is 0.399. The zero-order valence-electron chi connectivity index (χ0n) is 11.9. The lowest BCUT2D eigenvalue weighted by atomic mass is 10.2. The van der Waals surface area contributed by atoms with Gasteiger partial charge in [-0.25, -0.2) is 0 Å². The summed E-state index contributed by atoms with van der Waals surface area (Å²) < 4.78 is 0. The quantitative estimate of drug-likeness (QED) is 0.670. The van der Waals surface area contributed by atoms with Crippen LogP contribution in [-0.4, -0.2) is 12.3 Å². The van der Waals surface area contributed by atoms with E-state index in [1.807, 2.05) is 41.3 Å². The molecule has 20 heavy (non-hydrogen) atoms. The maximum Gasteiger partial charge on any atom is 0.0541 e. The van der Waals surface area contributed by atoms with Crippen molar-refractivity contribution in [1.82, 2.24) is 5.32 Å². The number of benzene rings is 1. The predicted octanol–water partition coefficient (Wildman–Crippen LogP) is 5.54. The Morgan fingerprint density at radius 1 is 1.30 bits per heavy atom. The second-order valence-electron chi connectivity index (χ2n) is 4.72. The van der Waals surface area contributed by atoms with Crippen molar-refractivity contribution in [3.63, 3.8) is 0 Å². The molecule has 1 N–H and O–H groups in total. The van der Waals surface area contributed by atoms with Crippen molar-refractivity contribution >= 4 is 34.7 Å². The summed E-state index contributed by atoms with van der Waals surface area (Å²) in [4.78, 5) is 2.60. The molecule has 0 bridgehead atoms. The van der Waals surface area contributed by atoms with E-state index >= 15 is 0 Å². The Labute approximate surface area is 134 Å². The van der Waals surface area contributed by atoms with Gasteiger partial charge in [-0.05, 0) is 49.0 Å². The van der Waals surface area contributed by atoms with E-state index in [9.17, 15) is 0 Å². The van der Waals surface area contributed by atoms with Crippen LogP contribution in [0.2, 0.25) is 5.02 Å². The SMILES string of the molecule is CCCNC(CSc1ccccc1Cl)c1sccc1C. The molecular formula is C16H20ClNS2. The van der Waals surface area contributed by atoms with Gasteiger partial charge in [0.05, 0.1) is 11.1 Å². The van der Waals surface area contributed by atoms with E-state index in [0.29, 0.717) is 6.04 Å². The van der Waals surface area contributed by atoms with Crippen LogP contribution >= 0.6 is 34.7 Å². The Morgan fingerprint density at radius 2 is 2.10 bits per heavy atom. The fraction of sp³-hybridized carbons (Fsp3) is 0.375. The molecule has 0 amide bonds. The monoisotopic (exact) mass is 325 g/mol. The summed E-state index contributed by atoms with van der Waals surface area (Å²) in [5, 5.41) is 6.66. The summed E-state index contributed by atoms with van der Waals surface area (Å²) in [5.74, 6) is 1.01. The Hall–Kier alpha value is -0.480. The van der Waals surface area contributed by atoms with Gasteiger partial charge in [-0.2, -0.15) is 0 Å². The standard InChI is InChI=1S/C16H20ClNS2/c1-3-9-18-14(16-12(2)8-10-19-16)11-20-15-7-5-4-6-13(15)17/h4-8,10,14,18H,3,9,11H2,1-2H3. The van der Waals surface area contributed by atoms with E-state index in [1.165, 1.54) is 10.4 Å². The number of hydrogen-bond acceptors (Lipinski definition) is 3. The molecule has 0 saturated carbocycles. The van der Waals surface area contributed by atoms with E-state index in [4.69, 9.17) is 11.6 Å². The first-order chi connectivity index (χ1) is 9.72. The number of hydrogen-bond donors (Lipinski definition) is 1. The van der Waals surface area contributed by atoms with Crippen LogP contribution in [0.3, 0.4) is 0 Å². The number of thiophene rings is 1. The molecular weight excluding hydrogens is 306 g/mol. The fourth-order valence-electron chi connectivity index (χ4n) is 2.02. The van der Waals surface area contributed by atoms with Gasteiger partial charge in [0.2, 0.25) is 0 Å². The molecule has 2 aromatic rings. The van der Waals surface area contributed by atoms with Crippen molar-refractivity contribution in [2.75, 3.05) is 12.3 Å². The van der Waals surface area contributed by atoms with E-state index in [-0.39, 0.29) is 0 Å². The van der Waals surface area contributed by atoms with Crippen molar-refractivity contribution in [3.05, 3.63) is 51.2 Å². The first-order valence-corrected chi connectivity index (χ1v) is 9.11. The molecule has 0 aliphatic rings. The van der Waals surface area contributed by atoms with Crippen molar-refractivity contribution in [3.8, 4) is 0 Å². The molecule has 0 spiro atoms. The van der Waals surface area contributed by atoms with Crippen molar-refractivity contribution in [2.45, 2.75) is 31.2 Å². The van der Waals surface area contributed by atoms with E-state index in [1.54, 1.807) is 0 Å². The first-order valence-electron chi connectivity index (χ1n) is 6.87. The van der Waals surface area contributed by atoms with Crippen LogP contribution in [0.1, 0.15) is 29.8 Å². The van der Waals surface area contributed by atoms with Crippen LogP contribution < -0.4 is 5.32 Å². The minimum absolute atomic E-state index is 0.399. The molecule has 1 aromatic heterocycles. The smallest absolute Gasteiger partial charge is 0.0541 e. The highest BCUT2D eigenvalue weighted by Gasteiger charge is 2.15. The number of nitrogens with one attached hydrogen (secondary N) is 1. The van der Waals surface area contributed by atoms with Crippen LogP contribution in [0.25, 0.3) is 0 Å². The molecule has 2 rings (SSSR count). The lowest BCUT2D eigenvalue weighted by Gasteiger charge is -2.18. The maximum absolute atomic E-state index is 6.23. The maximum atomic E-state index is 6.23. The minimum Gasteiger partial charge on any atom is -0.309 e. The van der Waals surface area contributed by atoms with E-state index in [0.717, 1.165) is 28.6 Å². The molecule has 4 heteroatoms. The highest BCUT2D eigenvalue weighted by molar-refractivity contribution is 7.99. The van der Waals surface area contributed by atoms with Gasteiger partial charge in [-0.3, -0.25) is 0 Å². The van der Waals surface area contributed by atoms with Crippen LogP contribution in [0, 0.1) is 6.92 Å². The summed E-state index contributed by atoms with van der Waals surface area (Å²) in [6, 6.07) is 10.7. The predicted molar refractivity (Wildman–Crippen MR) is 92.3 cm³/mol. The molecule has 0 aliphatic carbocycles. The van der Waals surface area contributed by atoms with Gasteiger partial charge in [-0.15, -0.1) is 23.1 Å². The van der Waals surface area contributed by atoms with Gasteiger partial charge in [0, 0.05) is 15.5 Å². The Balaban J connectivity index is 2.05. The van der Waals surface area contributed by atoms with E-state index in [2.05, 4.69) is 36.7 Å². The second kappa shape index (κ2) is 8.08. The molecule has 1 atom stereocenters. The Kier molecular flexibility index (Phi) is 6.43. The molecule has 108 valence electrons. The Morgan fingerprint density at radius 3 is 2.75 bits per heavy atom. The molecule has 1 nitrogen and oxygen atoms in total. The average Bonchev–Trinajstić information content (AvgIpc) is 2.87. The third-order valence-corrected chi connectivity index (χ3v) is 5.84. The van der Waals surface area contributed by atoms with Crippen LogP contribution in [0.4, 0.5) is 0 Å². The summed E-state index contributed by atoms with van der Waals surface area (Å²) >= 11 is 9.89. The molecule has 0 fully saturated rings. The van der Waals surface area contributed by atoms with Crippen LogP contribution in [0.15, 0.2) is 40.6 Å². The van der Waals surface area contributed by atoms with Gasteiger partial charge in [-0.1, -0.05) is 30.7 Å². The first kappa shape index (κ1) is 15.9. The highest BCUT2D eigenvalue weighted by atomic mass is 35.5. The van der Waals surface area contributed by atoms with Gasteiger partial charge in [0.1, 0.15) is 0 Å². The molecule has 1 aromatic carbocycles. The van der Waals surface area contributed by atoms with Gasteiger partial charge < -0.3 is 5.32 Å². The lowest BCUT2D eigenvalue weighted by molar-refractivity contribution is 0.583. The van der Waals surface area contributed by atoms with Gasteiger partial charge in [0.15, 0.2) is 0 Å². The van der Waals surface area contributed by atoms with Crippen molar-refractivity contribution in [1.29, 1.82) is 0 Å². The molecule has 0 saturated heterocycles. The Bertz CT molecular complexity index is 539. The fourth-order valence-corrected chi connectivity index (χ4v) is 4.44. The van der Waals surface area contributed by atoms with Crippen LogP contribution in [0.5, 0.6) is 0 Å². The van der Waals surface area contributed by atoms with Crippen molar-refractivity contribution in [2.24, 2.45) is 0 Å². The number of halogens is 1.